The number of hydrogen-bond acceptors (Lipinski definition) is 1. The van der Waals surface area contributed by atoms with E-state index in [-0.39, 0.29) is 0 Å². The molecule has 0 saturated carbocycles. The molecule has 0 N–H and O–H groups in total. The lowest BCUT2D eigenvalue weighted by Crippen LogP contribution is -2.25. The van der Waals surface area contributed by atoms with Crippen molar-refractivity contribution in [3.63, 3.8) is 0 Å². The van der Waals surface area contributed by atoms with Crippen molar-refractivity contribution >= 4 is 30.2 Å². The Kier molecular flexibility index (Phi) is 1.97. The van der Waals surface area contributed by atoms with Gasteiger partial charge in [0.25, 0.3) is 0 Å². The van der Waals surface area contributed by atoms with Gasteiger partial charge in [-0.3, -0.25) is 0 Å². The topological polar surface area (TPSA) is 22.0 Å². The lowest BCUT2D eigenvalue weighted by molar-refractivity contribution is -0.108. The molecule has 2 aromatic rings. The molecule has 0 aliphatic rings. The van der Waals surface area contributed by atoms with Gasteiger partial charge in [0.05, 0.1) is 6.54 Å². The molecular weight excluding hydrogens is 174 g/mol. The molecule has 70 valence electrons. The van der Waals surface area contributed by atoms with Gasteiger partial charge in [-0.15, -0.1) is 0 Å². The Morgan fingerprint density at radius 2 is 1.64 bits per heavy atom. The molecule has 0 atom stereocenters. The zero-order valence-electron chi connectivity index (χ0n) is 7.86. The highest BCUT2D eigenvalue weighted by atomic mass is 16.1. The highest BCUT2D eigenvalue weighted by Gasteiger charge is 2.02. The predicted molar refractivity (Wildman–Crippen MR) is 58.3 cm³/mol. The molecule has 1 heterocycles. The van der Waals surface area contributed by atoms with Crippen LogP contribution >= 0.6 is 0 Å². The second-order valence-corrected chi connectivity index (χ2v) is 3.22. The molecule has 0 unspecified atom stereocenters. The van der Waals surface area contributed by atoms with Crippen LogP contribution in [-0.2, 0) is 11.3 Å². The van der Waals surface area contributed by atoms with E-state index in [0.29, 0.717) is 6.54 Å². The average molecular weight is 185 g/mol. The van der Waals surface area contributed by atoms with Crippen molar-refractivity contribution in [1.29, 1.82) is 0 Å². The lowest BCUT2D eigenvalue weighted by atomic mass is 10.2. The third-order valence-electron chi connectivity index (χ3n) is 2.46. The van der Waals surface area contributed by atoms with Crippen LogP contribution in [0.1, 0.15) is 0 Å². The fraction of sp³-hybridized carbons (Fsp3) is 0.0833. The van der Waals surface area contributed by atoms with Crippen molar-refractivity contribution in [3.8, 4) is 0 Å². The number of aromatic nitrogens is 1. The number of nitrogens with zero attached hydrogens (tertiary/aromatic N) is 1. The van der Waals surface area contributed by atoms with Gasteiger partial charge in [0.2, 0.25) is 0 Å². The first-order chi connectivity index (χ1) is 6.75. The normalized spacial score (nSPS) is 10.6. The van der Waals surface area contributed by atoms with Crippen LogP contribution < -0.4 is 10.7 Å². The summed E-state index contributed by atoms with van der Waals surface area (Å²) < 4.78 is 1.83. The number of hydrogen-bond donors (Lipinski definition) is 0. The summed E-state index contributed by atoms with van der Waals surface area (Å²) in [5.41, 5.74) is 0. The summed E-state index contributed by atoms with van der Waals surface area (Å²) in [6, 6.07) is 7.91. The maximum Gasteiger partial charge on any atom is 0.139 e. The van der Waals surface area contributed by atoms with Crippen LogP contribution in [-0.4, -0.2) is 10.9 Å². The first-order valence-corrected chi connectivity index (χ1v) is 4.44. The molecule has 0 bridgehead atoms. The molecule has 0 aliphatic carbocycles. The van der Waals surface area contributed by atoms with E-state index < -0.39 is 0 Å². The molecule has 0 radical (unpaired) electrons. The smallest absolute Gasteiger partial charge is 0.139 e. The van der Waals surface area contributed by atoms with Gasteiger partial charge in [-0.25, -0.2) is 0 Å². The number of carbonyl (C=O) groups is 1. The van der Waals surface area contributed by atoms with Crippen molar-refractivity contribution in [1.82, 2.24) is 4.57 Å². The summed E-state index contributed by atoms with van der Waals surface area (Å²) in [5.74, 6) is 0. The second-order valence-electron chi connectivity index (χ2n) is 3.22. The Morgan fingerprint density at radius 1 is 1.14 bits per heavy atom. The van der Waals surface area contributed by atoms with Gasteiger partial charge in [-0.2, -0.15) is 0 Å². The van der Waals surface area contributed by atoms with Crippen LogP contribution in [0.15, 0.2) is 24.3 Å². The maximum atomic E-state index is 10.5. The van der Waals surface area contributed by atoms with Crippen molar-refractivity contribution in [2.75, 3.05) is 0 Å². The number of aldehydes is 1. The van der Waals surface area contributed by atoms with Gasteiger partial charge >= 0.3 is 0 Å². The summed E-state index contributed by atoms with van der Waals surface area (Å²) in [7, 11) is 0. The van der Waals surface area contributed by atoms with Crippen molar-refractivity contribution < 1.29 is 4.79 Å². The molecule has 0 saturated heterocycles. The molecule has 0 aliphatic heterocycles. The number of rotatable bonds is 2. The van der Waals surface area contributed by atoms with Crippen molar-refractivity contribution in [2.24, 2.45) is 0 Å². The van der Waals surface area contributed by atoms with E-state index in [1.54, 1.807) is 0 Å². The Morgan fingerprint density at radius 3 is 2.07 bits per heavy atom. The van der Waals surface area contributed by atoms with E-state index in [2.05, 4.69) is 13.2 Å². The van der Waals surface area contributed by atoms with Gasteiger partial charge in [0, 0.05) is 21.5 Å². The summed E-state index contributed by atoms with van der Waals surface area (Å²) in [4.78, 5) is 10.5. The van der Waals surface area contributed by atoms with E-state index in [0.717, 1.165) is 27.8 Å². The van der Waals surface area contributed by atoms with Crippen molar-refractivity contribution in [2.45, 2.75) is 6.54 Å². The van der Waals surface area contributed by atoms with Gasteiger partial charge in [0.15, 0.2) is 0 Å². The summed E-state index contributed by atoms with van der Waals surface area (Å²) in [6.45, 7) is 8.23. The van der Waals surface area contributed by atoms with Gasteiger partial charge < -0.3 is 9.36 Å². The molecular formula is C12H11NO. The highest BCUT2D eigenvalue weighted by Crippen LogP contribution is 2.03. The lowest BCUT2D eigenvalue weighted by Gasteiger charge is -1.94. The van der Waals surface area contributed by atoms with E-state index in [9.17, 15) is 4.79 Å². The molecule has 0 spiro atoms. The first-order valence-electron chi connectivity index (χ1n) is 4.44. The molecule has 14 heavy (non-hydrogen) atoms. The largest absolute Gasteiger partial charge is 0.334 e. The Balaban J connectivity index is 2.93. The SMILES string of the molecule is C=c1c2ccccc2c(=C)n1CC=O. The number of fused-ring (bicyclic) bond motifs is 1. The third-order valence-corrected chi connectivity index (χ3v) is 2.46. The number of benzene rings is 1. The maximum absolute atomic E-state index is 10.5. The van der Waals surface area contributed by atoms with Crippen LogP contribution in [0, 0.1) is 0 Å². The molecule has 2 nitrogen and oxygen atoms in total. The highest BCUT2D eigenvalue weighted by molar-refractivity contribution is 5.83. The molecule has 2 heteroatoms. The molecule has 2 rings (SSSR count). The zero-order valence-corrected chi connectivity index (χ0v) is 7.86. The summed E-state index contributed by atoms with van der Waals surface area (Å²) in [6.07, 6.45) is 0.863. The minimum absolute atomic E-state index is 0.326. The Labute approximate surface area is 81.8 Å². The van der Waals surface area contributed by atoms with Crippen LogP contribution in [0.2, 0.25) is 0 Å². The van der Waals surface area contributed by atoms with E-state index in [1.807, 2.05) is 28.8 Å². The fourth-order valence-electron chi connectivity index (χ4n) is 1.74. The Hall–Kier alpha value is -1.83. The van der Waals surface area contributed by atoms with Crippen LogP contribution in [0.3, 0.4) is 0 Å². The monoisotopic (exact) mass is 185 g/mol. The number of carbonyl (C=O) groups excluding carboxylic acids is 1. The van der Waals surface area contributed by atoms with E-state index in [4.69, 9.17) is 0 Å². The predicted octanol–water partition coefficient (Wildman–Crippen LogP) is 0.661. The molecule has 0 amide bonds. The third kappa shape index (κ3) is 1.08. The standard InChI is InChI=1S/C12H11NO/c1-9-11-5-3-4-6-12(11)10(2)13(9)7-8-14/h3-6,8H,1-2,7H2. The van der Waals surface area contributed by atoms with Gasteiger partial charge in [-0.05, 0) is 0 Å². The summed E-state index contributed by atoms with van der Waals surface area (Å²) in [5, 5.41) is 3.86. The average Bonchev–Trinajstić information content (AvgIpc) is 2.45. The van der Waals surface area contributed by atoms with Gasteiger partial charge in [0.1, 0.15) is 6.29 Å². The molecule has 0 fully saturated rings. The van der Waals surface area contributed by atoms with Crippen LogP contribution in [0.4, 0.5) is 0 Å². The fourth-order valence-corrected chi connectivity index (χ4v) is 1.74. The second kappa shape index (κ2) is 3.14. The van der Waals surface area contributed by atoms with Crippen molar-refractivity contribution in [3.05, 3.63) is 35.0 Å². The minimum Gasteiger partial charge on any atom is -0.334 e. The first kappa shape index (κ1) is 8.75. The van der Waals surface area contributed by atoms with Gasteiger partial charge in [-0.1, -0.05) is 37.4 Å². The zero-order chi connectivity index (χ0) is 10.1. The Bertz CT molecular complexity index is 533. The van der Waals surface area contributed by atoms with Crippen LogP contribution in [0.5, 0.6) is 0 Å². The molecule has 1 aromatic carbocycles. The summed E-state index contributed by atoms with van der Waals surface area (Å²) >= 11 is 0. The van der Waals surface area contributed by atoms with E-state index in [1.165, 1.54) is 0 Å². The molecule has 1 aromatic heterocycles. The van der Waals surface area contributed by atoms with Crippen LogP contribution in [0.25, 0.3) is 23.9 Å². The quantitative estimate of drug-likeness (QED) is 0.630. The van der Waals surface area contributed by atoms with E-state index >= 15 is 0 Å². The minimum atomic E-state index is 0.326.